The molecule has 3 heteroatoms. The Labute approximate surface area is 119 Å². The summed E-state index contributed by atoms with van der Waals surface area (Å²) >= 11 is 0. The zero-order valence-electron chi connectivity index (χ0n) is 12.2. The number of ether oxygens (including phenoxy) is 1. The fourth-order valence-corrected chi connectivity index (χ4v) is 3.02. The predicted octanol–water partition coefficient (Wildman–Crippen LogP) is 5.21. The van der Waals surface area contributed by atoms with Crippen LogP contribution in [-0.2, 0) is 0 Å². The maximum absolute atomic E-state index is 14.1. The van der Waals surface area contributed by atoms with Crippen molar-refractivity contribution in [3.8, 4) is 5.75 Å². The summed E-state index contributed by atoms with van der Waals surface area (Å²) in [5.74, 6) is -0.852. The average molecular weight is 280 g/mol. The van der Waals surface area contributed by atoms with Crippen LogP contribution < -0.4 is 4.74 Å². The highest BCUT2D eigenvalue weighted by molar-refractivity contribution is 5.33. The minimum atomic E-state index is -0.847. The van der Waals surface area contributed by atoms with Crippen molar-refractivity contribution in [2.45, 2.75) is 45.4 Å². The molecule has 0 spiro atoms. The predicted molar refractivity (Wildman–Crippen MR) is 77.0 cm³/mol. The fourth-order valence-electron chi connectivity index (χ4n) is 3.02. The molecular weight excluding hydrogens is 258 g/mol. The van der Waals surface area contributed by atoms with Gasteiger partial charge in [-0.05, 0) is 63.0 Å². The Morgan fingerprint density at radius 3 is 2.45 bits per heavy atom. The number of benzene rings is 1. The third-order valence-electron chi connectivity index (χ3n) is 4.05. The molecule has 0 saturated heterocycles. The van der Waals surface area contributed by atoms with Crippen LogP contribution in [0.3, 0.4) is 0 Å². The molecule has 1 saturated carbocycles. The summed E-state index contributed by atoms with van der Waals surface area (Å²) in [6.45, 7) is 4.12. The summed E-state index contributed by atoms with van der Waals surface area (Å²) in [5, 5.41) is 0. The van der Waals surface area contributed by atoms with Gasteiger partial charge in [0.2, 0.25) is 5.82 Å². The van der Waals surface area contributed by atoms with Gasteiger partial charge in [0.05, 0.1) is 6.61 Å². The van der Waals surface area contributed by atoms with Crippen LogP contribution in [0.4, 0.5) is 8.78 Å². The minimum Gasteiger partial charge on any atom is -0.491 e. The highest BCUT2D eigenvalue weighted by Gasteiger charge is 2.25. The molecule has 0 radical (unpaired) electrons. The molecule has 1 aliphatic carbocycles. The van der Waals surface area contributed by atoms with Crippen molar-refractivity contribution in [2.75, 3.05) is 6.61 Å². The van der Waals surface area contributed by atoms with E-state index in [4.69, 9.17) is 4.74 Å². The first-order valence-electron chi connectivity index (χ1n) is 7.40. The Bertz CT molecular complexity index is 474. The van der Waals surface area contributed by atoms with Gasteiger partial charge in [-0.3, -0.25) is 0 Å². The Balaban J connectivity index is 2.12. The average Bonchev–Trinajstić information content (AvgIpc) is 2.46. The quantitative estimate of drug-likeness (QED) is 0.688. The lowest BCUT2D eigenvalue weighted by atomic mass is 9.78. The van der Waals surface area contributed by atoms with E-state index in [9.17, 15) is 8.78 Å². The third-order valence-corrected chi connectivity index (χ3v) is 4.05. The Morgan fingerprint density at radius 2 is 1.85 bits per heavy atom. The number of rotatable bonds is 4. The van der Waals surface area contributed by atoms with E-state index in [1.165, 1.54) is 0 Å². The van der Waals surface area contributed by atoms with Gasteiger partial charge in [0, 0.05) is 0 Å². The van der Waals surface area contributed by atoms with Gasteiger partial charge < -0.3 is 4.74 Å². The van der Waals surface area contributed by atoms with Gasteiger partial charge >= 0.3 is 0 Å². The van der Waals surface area contributed by atoms with E-state index in [1.807, 2.05) is 6.92 Å². The molecule has 1 aromatic rings. The standard InChI is InChI=1S/C17H22F2O/c1-3-5-12-6-8-13(9-7-12)14-10-11-15(20-4-2)17(19)16(14)18/h3,5,10-13H,4,6-9H2,1-2H3. The molecule has 1 fully saturated rings. The van der Waals surface area contributed by atoms with Gasteiger partial charge in [0.15, 0.2) is 11.6 Å². The topological polar surface area (TPSA) is 9.23 Å². The molecule has 1 aromatic carbocycles. The fraction of sp³-hybridized carbons (Fsp3) is 0.529. The molecule has 110 valence electrons. The Morgan fingerprint density at radius 1 is 1.15 bits per heavy atom. The number of hydrogen-bond donors (Lipinski definition) is 0. The van der Waals surface area contributed by atoms with E-state index in [-0.39, 0.29) is 11.7 Å². The van der Waals surface area contributed by atoms with E-state index >= 15 is 0 Å². The molecule has 0 heterocycles. The van der Waals surface area contributed by atoms with E-state index in [0.29, 0.717) is 18.1 Å². The summed E-state index contributed by atoms with van der Waals surface area (Å²) < 4.78 is 33.1. The van der Waals surface area contributed by atoms with Crippen LogP contribution in [-0.4, -0.2) is 6.61 Å². The van der Waals surface area contributed by atoms with E-state index < -0.39 is 11.6 Å². The molecule has 20 heavy (non-hydrogen) atoms. The second kappa shape index (κ2) is 6.87. The summed E-state index contributed by atoms with van der Waals surface area (Å²) in [4.78, 5) is 0. The van der Waals surface area contributed by atoms with Crippen molar-refractivity contribution < 1.29 is 13.5 Å². The molecule has 1 nitrogen and oxygen atoms in total. The lowest BCUT2D eigenvalue weighted by molar-refractivity contribution is 0.310. The largest absolute Gasteiger partial charge is 0.491 e. The minimum absolute atomic E-state index is 0.0105. The lowest BCUT2D eigenvalue weighted by Crippen LogP contribution is -2.13. The van der Waals surface area contributed by atoms with Crippen LogP contribution in [0.25, 0.3) is 0 Å². The maximum atomic E-state index is 14.1. The van der Waals surface area contributed by atoms with Gasteiger partial charge in [0.25, 0.3) is 0 Å². The smallest absolute Gasteiger partial charge is 0.200 e. The Hall–Kier alpha value is -1.38. The molecule has 0 aromatic heterocycles. The van der Waals surface area contributed by atoms with Gasteiger partial charge in [-0.25, -0.2) is 4.39 Å². The van der Waals surface area contributed by atoms with E-state index in [2.05, 4.69) is 12.2 Å². The van der Waals surface area contributed by atoms with Crippen LogP contribution in [0.5, 0.6) is 5.75 Å². The summed E-state index contributed by atoms with van der Waals surface area (Å²) in [5.41, 5.74) is 0.505. The number of halogens is 2. The number of allylic oxidation sites excluding steroid dienone is 2. The highest BCUT2D eigenvalue weighted by Crippen LogP contribution is 2.38. The van der Waals surface area contributed by atoms with Crippen molar-refractivity contribution in [3.05, 3.63) is 41.5 Å². The van der Waals surface area contributed by atoms with Crippen LogP contribution in [0.1, 0.15) is 51.0 Å². The molecule has 0 aliphatic heterocycles. The van der Waals surface area contributed by atoms with Crippen LogP contribution >= 0.6 is 0 Å². The lowest BCUT2D eigenvalue weighted by Gasteiger charge is -2.27. The van der Waals surface area contributed by atoms with Crippen LogP contribution in [0.15, 0.2) is 24.3 Å². The van der Waals surface area contributed by atoms with Gasteiger partial charge in [0.1, 0.15) is 0 Å². The molecule has 0 amide bonds. The molecule has 0 unspecified atom stereocenters. The molecule has 0 N–H and O–H groups in total. The van der Waals surface area contributed by atoms with E-state index in [0.717, 1.165) is 25.7 Å². The first-order valence-corrected chi connectivity index (χ1v) is 7.40. The molecule has 0 bridgehead atoms. The van der Waals surface area contributed by atoms with Gasteiger partial charge in [-0.15, -0.1) is 0 Å². The third kappa shape index (κ3) is 3.20. The monoisotopic (exact) mass is 280 g/mol. The van der Waals surface area contributed by atoms with Crippen molar-refractivity contribution in [2.24, 2.45) is 5.92 Å². The maximum Gasteiger partial charge on any atom is 0.200 e. The van der Waals surface area contributed by atoms with Crippen molar-refractivity contribution in [1.29, 1.82) is 0 Å². The first-order chi connectivity index (χ1) is 9.67. The van der Waals surface area contributed by atoms with Gasteiger partial charge in [-0.1, -0.05) is 18.2 Å². The Kier molecular flexibility index (Phi) is 5.16. The normalized spacial score (nSPS) is 23.2. The zero-order chi connectivity index (χ0) is 14.5. The highest BCUT2D eigenvalue weighted by atomic mass is 19.2. The molecule has 1 aliphatic rings. The second-order valence-electron chi connectivity index (χ2n) is 5.35. The first kappa shape index (κ1) is 15.0. The molecule has 2 rings (SSSR count). The van der Waals surface area contributed by atoms with E-state index in [1.54, 1.807) is 19.1 Å². The zero-order valence-corrected chi connectivity index (χ0v) is 12.2. The van der Waals surface area contributed by atoms with Crippen molar-refractivity contribution in [1.82, 2.24) is 0 Å². The summed E-state index contributed by atoms with van der Waals surface area (Å²) in [7, 11) is 0. The molecule has 0 atom stereocenters. The summed E-state index contributed by atoms with van der Waals surface area (Å²) in [6, 6.07) is 3.24. The van der Waals surface area contributed by atoms with Crippen LogP contribution in [0, 0.1) is 17.6 Å². The van der Waals surface area contributed by atoms with Crippen molar-refractivity contribution in [3.63, 3.8) is 0 Å². The number of hydrogen-bond acceptors (Lipinski definition) is 1. The summed E-state index contributed by atoms with van der Waals surface area (Å²) in [6.07, 6.45) is 8.21. The SMILES string of the molecule is CC=CC1CCC(c2ccc(OCC)c(F)c2F)CC1. The van der Waals surface area contributed by atoms with Crippen LogP contribution in [0.2, 0.25) is 0 Å². The second-order valence-corrected chi connectivity index (χ2v) is 5.35. The van der Waals surface area contributed by atoms with Gasteiger partial charge in [-0.2, -0.15) is 4.39 Å². The molecular formula is C17H22F2O. The van der Waals surface area contributed by atoms with Crippen molar-refractivity contribution >= 4 is 0 Å².